The number of carbonyl (C=O) groups is 2. The van der Waals surface area contributed by atoms with Gasteiger partial charge in [0.1, 0.15) is 6.04 Å². The molecule has 4 nitrogen and oxygen atoms in total. The molecule has 1 atom stereocenters. The van der Waals surface area contributed by atoms with Gasteiger partial charge in [-0.05, 0) is 42.0 Å². The van der Waals surface area contributed by atoms with Gasteiger partial charge in [0.05, 0.1) is 0 Å². The van der Waals surface area contributed by atoms with Crippen molar-refractivity contribution in [3.63, 3.8) is 0 Å². The molecule has 2 aromatic rings. The predicted molar refractivity (Wildman–Crippen MR) is 119 cm³/mol. The Bertz CT molecular complexity index is 775. The van der Waals surface area contributed by atoms with E-state index in [1.54, 1.807) is 4.90 Å². The standard InChI is InChI=1S/C24H31ClN2O2/c1-4-22(24(29)26-16-18(2)3)27(17-20-10-13-21(25)14-11-20)23(28)15-12-19-8-6-5-7-9-19/h5-11,13-14,18,22H,4,12,15-17H2,1-3H3,(H,26,29)/t22-/m1/s1. The Morgan fingerprint density at radius 1 is 1.00 bits per heavy atom. The van der Waals surface area contributed by atoms with Crippen LogP contribution in [0.2, 0.25) is 5.02 Å². The maximum atomic E-state index is 13.2. The average Bonchev–Trinajstić information content (AvgIpc) is 2.72. The normalized spacial score (nSPS) is 11.9. The predicted octanol–water partition coefficient (Wildman–Crippen LogP) is 4.85. The molecule has 0 saturated carbocycles. The van der Waals surface area contributed by atoms with Crippen LogP contribution >= 0.6 is 11.6 Å². The van der Waals surface area contributed by atoms with Gasteiger partial charge < -0.3 is 10.2 Å². The topological polar surface area (TPSA) is 49.4 Å². The minimum Gasteiger partial charge on any atom is -0.354 e. The number of benzene rings is 2. The zero-order chi connectivity index (χ0) is 21.2. The first-order valence-electron chi connectivity index (χ1n) is 10.3. The van der Waals surface area contributed by atoms with Gasteiger partial charge in [0, 0.05) is 24.5 Å². The van der Waals surface area contributed by atoms with Crippen LogP contribution in [0, 0.1) is 5.92 Å². The zero-order valence-corrected chi connectivity index (χ0v) is 18.3. The third-order valence-corrected chi connectivity index (χ3v) is 5.06. The third kappa shape index (κ3) is 7.54. The second-order valence-electron chi connectivity index (χ2n) is 7.70. The lowest BCUT2D eigenvalue weighted by Crippen LogP contribution is -2.49. The first-order valence-corrected chi connectivity index (χ1v) is 10.6. The smallest absolute Gasteiger partial charge is 0.242 e. The van der Waals surface area contributed by atoms with Crippen LogP contribution in [-0.4, -0.2) is 29.3 Å². The molecule has 2 rings (SSSR count). The largest absolute Gasteiger partial charge is 0.354 e. The molecule has 2 aromatic carbocycles. The molecule has 0 heterocycles. The van der Waals surface area contributed by atoms with E-state index in [1.165, 1.54) is 0 Å². The van der Waals surface area contributed by atoms with Crippen molar-refractivity contribution in [1.29, 1.82) is 0 Å². The third-order valence-electron chi connectivity index (χ3n) is 4.81. The van der Waals surface area contributed by atoms with Gasteiger partial charge >= 0.3 is 0 Å². The number of amides is 2. The number of halogens is 1. The van der Waals surface area contributed by atoms with Crippen LogP contribution in [-0.2, 0) is 22.6 Å². The van der Waals surface area contributed by atoms with Crippen molar-refractivity contribution >= 4 is 23.4 Å². The highest BCUT2D eigenvalue weighted by atomic mass is 35.5. The summed E-state index contributed by atoms with van der Waals surface area (Å²) < 4.78 is 0. The van der Waals surface area contributed by atoms with Crippen molar-refractivity contribution in [2.24, 2.45) is 5.92 Å². The lowest BCUT2D eigenvalue weighted by Gasteiger charge is -2.31. The second-order valence-corrected chi connectivity index (χ2v) is 8.13. The highest BCUT2D eigenvalue weighted by molar-refractivity contribution is 6.30. The molecule has 29 heavy (non-hydrogen) atoms. The summed E-state index contributed by atoms with van der Waals surface area (Å²) in [4.78, 5) is 27.7. The first kappa shape index (κ1) is 23.0. The van der Waals surface area contributed by atoms with Gasteiger partial charge in [0.2, 0.25) is 11.8 Å². The molecule has 156 valence electrons. The quantitative estimate of drug-likeness (QED) is 0.604. The molecule has 0 fully saturated rings. The number of nitrogens with zero attached hydrogens (tertiary/aromatic N) is 1. The maximum Gasteiger partial charge on any atom is 0.242 e. The summed E-state index contributed by atoms with van der Waals surface area (Å²) in [5.41, 5.74) is 2.07. The summed E-state index contributed by atoms with van der Waals surface area (Å²) in [6, 6.07) is 16.9. The van der Waals surface area contributed by atoms with Crippen molar-refractivity contribution in [3.05, 3.63) is 70.7 Å². The fourth-order valence-corrected chi connectivity index (χ4v) is 3.29. The monoisotopic (exact) mass is 414 g/mol. The van der Waals surface area contributed by atoms with E-state index in [9.17, 15) is 9.59 Å². The van der Waals surface area contributed by atoms with Gasteiger partial charge in [-0.15, -0.1) is 0 Å². The molecule has 0 aliphatic rings. The minimum atomic E-state index is -0.493. The first-order chi connectivity index (χ1) is 13.9. The molecule has 0 aliphatic carbocycles. The second kappa shape index (κ2) is 11.6. The summed E-state index contributed by atoms with van der Waals surface area (Å²) in [6.07, 6.45) is 1.58. The van der Waals surface area contributed by atoms with Gasteiger partial charge in [-0.1, -0.05) is 74.8 Å². The lowest BCUT2D eigenvalue weighted by atomic mass is 10.1. The van der Waals surface area contributed by atoms with Crippen LogP contribution in [0.3, 0.4) is 0 Å². The number of nitrogens with one attached hydrogen (secondary N) is 1. The molecule has 0 unspecified atom stereocenters. The van der Waals surface area contributed by atoms with Gasteiger partial charge in [0.15, 0.2) is 0 Å². The van der Waals surface area contributed by atoms with Gasteiger partial charge in [-0.25, -0.2) is 0 Å². The van der Waals surface area contributed by atoms with Crippen molar-refractivity contribution in [1.82, 2.24) is 10.2 Å². The summed E-state index contributed by atoms with van der Waals surface area (Å²) in [5, 5.41) is 3.63. The fourth-order valence-electron chi connectivity index (χ4n) is 3.17. The van der Waals surface area contributed by atoms with E-state index in [1.807, 2.05) is 61.5 Å². The van der Waals surface area contributed by atoms with E-state index in [4.69, 9.17) is 11.6 Å². The van der Waals surface area contributed by atoms with Crippen LogP contribution < -0.4 is 5.32 Å². The Kier molecular flexibility index (Phi) is 9.20. The fraction of sp³-hybridized carbons (Fsp3) is 0.417. The number of hydrogen-bond acceptors (Lipinski definition) is 2. The zero-order valence-electron chi connectivity index (χ0n) is 17.5. The molecule has 1 N–H and O–H groups in total. The van der Waals surface area contributed by atoms with Crippen LogP contribution in [0.5, 0.6) is 0 Å². The Morgan fingerprint density at radius 2 is 1.66 bits per heavy atom. The number of carbonyl (C=O) groups excluding carboxylic acids is 2. The lowest BCUT2D eigenvalue weighted by molar-refractivity contribution is -0.141. The van der Waals surface area contributed by atoms with Crippen molar-refractivity contribution in [3.8, 4) is 0 Å². The Hall–Kier alpha value is -2.33. The Balaban J connectivity index is 2.16. The highest BCUT2D eigenvalue weighted by Gasteiger charge is 2.28. The van der Waals surface area contributed by atoms with Gasteiger partial charge in [-0.2, -0.15) is 0 Å². The van der Waals surface area contributed by atoms with E-state index in [-0.39, 0.29) is 11.8 Å². The molecule has 0 spiro atoms. The summed E-state index contributed by atoms with van der Waals surface area (Å²) in [7, 11) is 0. The van der Waals surface area contributed by atoms with Gasteiger partial charge in [-0.3, -0.25) is 9.59 Å². The molecular formula is C24H31ClN2O2. The molecule has 0 radical (unpaired) electrons. The summed E-state index contributed by atoms with van der Waals surface area (Å²) in [5.74, 6) is 0.244. The van der Waals surface area contributed by atoms with Crippen molar-refractivity contribution in [2.75, 3.05) is 6.54 Å². The van der Waals surface area contributed by atoms with E-state index in [0.29, 0.717) is 43.3 Å². The van der Waals surface area contributed by atoms with E-state index in [2.05, 4.69) is 19.2 Å². The number of rotatable bonds is 10. The molecule has 0 bridgehead atoms. The summed E-state index contributed by atoms with van der Waals surface area (Å²) in [6.45, 7) is 7.04. The van der Waals surface area contributed by atoms with Crippen LogP contribution in [0.25, 0.3) is 0 Å². The van der Waals surface area contributed by atoms with Crippen LogP contribution in [0.15, 0.2) is 54.6 Å². The molecule has 5 heteroatoms. The number of aryl methyl sites for hydroxylation is 1. The molecular weight excluding hydrogens is 384 g/mol. The Labute approximate surface area is 179 Å². The maximum absolute atomic E-state index is 13.2. The molecule has 0 aromatic heterocycles. The number of hydrogen-bond donors (Lipinski definition) is 1. The molecule has 2 amide bonds. The van der Waals surface area contributed by atoms with Crippen molar-refractivity contribution < 1.29 is 9.59 Å². The SMILES string of the molecule is CC[C@H](C(=O)NCC(C)C)N(Cc1ccc(Cl)cc1)C(=O)CCc1ccccc1. The van der Waals surface area contributed by atoms with E-state index in [0.717, 1.165) is 11.1 Å². The highest BCUT2D eigenvalue weighted by Crippen LogP contribution is 2.17. The van der Waals surface area contributed by atoms with Crippen LogP contribution in [0.1, 0.15) is 44.7 Å². The van der Waals surface area contributed by atoms with Gasteiger partial charge in [0.25, 0.3) is 0 Å². The molecule has 0 saturated heterocycles. The van der Waals surface area contributed by atoms with E-state index >= 15 is 0 Å². The minimum absolute atomic E-state index is 0.0182. The van der Waals surface area contributed by atoms with Crippen LogP contribution in [0.4, 0.5) is 0 Å². The summed E-state index contributed by atoms with van der Waals surface area (Å²) >= 11 is 5.99. The van der Waals surface area contributed by atoms with Crippen molar-refractivity contribution in [2.45, 2.75) is 52.6 Å². The molecule has 0 aliphatic heterocycles. The Morgan fingerprint density at radius 3 is 2.24 bits per heavy atom. The van der Waals surface area contributed by atoms with E-state index < -0.39 is 6.04 Å². The average molecular weight is 415 g/mol.